The van der Waals surface area contributed by atoms with Crippen LogP contribution >= 0.6 is 0 Å². The zero-order valence-electron chi connectivity index (χ0n) is 14.2. The highest BCUT2D eigenvalue weighted by Gasteiger charge is 2.29. The maximum absolute atomic E-state index is 4.66. The van der Waals surface area contributed by atoms with Gasteiger partial charge < -0.3 is 10.6 Å². The molecule has 122 valence electrons. The molecule has 2 N–H and O–H groups in total. The normalized spacial score (nSPS) is 15.4. The number of nitrogens with zero attached hydrogens (tertiary/aromatic N) is 2. The van der Waals surface area contributed by atoms with Gasteiger partial charge in [-0.15, -0.1) is 0 Å². The number of nitrogens with one attached hydrogen (secondary N) is 2. The number of rotatable bonds is 8. The molecule has 0 unspecified atom stereocenters. The highest BCUT2D eigenvalue weighted by atomic mass is 15.2. The summed E-state index contributed by atoms with van der Waals surface area (Å²) in [5.41, 5.74) is 1.24. The minimum Gasteiger partial charge on any atom is -0.357 e. The standard InChI is InChI=1S/C18H30N4/c1-4-19-18(21-14-16-8-6-5-7-9-16)20-12-13-22(15(2)3)17-10-11-17/h5-9,15,17H,4,10-14H2,1-3H3,(H2,19,20,21). The molecule has 0 spiro atoms. The first kappa shape index (κ1) is 16.8. The second-order valence-electron chi connectivity index (χ2n) is 6.17. The first-order valence-electron chi connectivity index (χ1n) is 8.52. The third-order valence-corrected chi connectivity index (χ3v) is 3.95. The molecule has 22 heavy (non-hydrogen) atoms. The van der Waals surface area contributed by atoms with E-state index >= 15 is 0 Å². The van der Waals surface area contributed by atoms with Crippen LogP contribution in [0.1, 0.15) is 39.2 Å². The number of hydrogen-bond acceptors (Lipinski definition) is 2. The fourth-order valence-electron chi connectivity index (χ4n) is 2.67. The second-order valence-corrected chi connectivity index (χ2v) is 6.17. The van der Waals surface area contributed by atoms with Gasteiger partial charge in [0.15, 0.2) is 5.96 Å². The molecule has 0 bridgehead atoms. The molecule has 2 rings (SSSR count). The molecule has 0 radical (unpaired) electrons. The summed E-state index contributed by atoms with van der Waals surface area (Å²) in [7, 11) is 0. The van der Waals surface area contributed by atoms with Crippen molar-refractivity contribution in [2.75, 3.05) is 19.6 Å². The summed E-state index contributed by atoms with van der Waals surface area (Å²) in [6, 6.07) is 11.8. The van der Waals surface area contributed by atoms with Crippen molar-refractivity contribution in [1.82, 2.24) is 15.5 Å². The molecular formula is C18H30N4. The number of aliphatic imine (C=N–C) groups is 1. The molecule has 4 nitrogen and oxygen atoms in total. The lowest BCUT2D eigenvalue weighted by Gasteiger charge is -2.26. The highest BCUT2D eigenvalue weighted by molar-refractivity contribution is 5.79. The van der Waals surface area contributed by atoms with E-state index in [0.29, 0.717) is 12.6 Å². The first-order valence-corrected chi connectivity index (χ1v) is 8.52. The Morgan fingerprint density at radius 3 is 2.55 bits per heavy atom. The third-order valence-electron chi connectivity index (χ3n) is 3.95. The fourth-order valence-corrected chi connectivity index (χ4v) is 2.67. The van der Waals surface area contributed by atoms with Crippen molar-refractivity contribution in [3.63, 3.8) is 0 Å². The molecule has 0 heterocycles. The van der Waals surface area contributed by atoms with Gasteiger partial charge >= 0.3 is 0 Å². The second kappa shape index (κ2) is 8.79. The van der Waals surface area contributed by atoms with Crippen molar-refractivity contribution in [2.45, 2.75) is 52.2 Å². The Hall–Kier alpha value is -1.55. The van der Waals surface area contributed by atoms with E-state index in [-0.39, 0.29) is 0 Å². The van der Waals surface area contributed by atoms with E-state index in [1.165, 1.54) is 18.4 Å². The van der Waals surface area contributed by atoms with Gasteiger partial charge in [-0.3, -0.25) is 4.90 Å². The lowest BCUT2D eigenvalue weighted by molar-refractivity contribution is 0.215. The molecule has 1 aliphatic rings. The van der Waals surface area contributed by atoms with Crippen molar-refractivity contribution in [3.05, 3.63) is 35.9 Å². The average Bonchev–Trinajstić information content (AvgIpc) is 3.34. The van der Waals surface area contributed by atoms with Crippen molar-refractivity contribution < 1.29 is 0 Å². The number of guanidine groups is 1. The Balaban J connectivity index is 1.80. The molecule has 0 aliphatic heterocycles. The predicted molar refractivity (Wildman–Crippen MR) is 94.1 cm³/mol. The van der Waals surface area contributed by atoms with Crippen LogP contribution in [0.4, 0.5) is 0 Å². The zero-order chi connectivity index (χ0) is 15.8. The summed E-state index contributed by atoms with van der Waals surface area (Å²) >= 11 is 0. The van der Waals surface area contributed by atoms with Gasteiger partial charge in [-0.25, -0.2) is 4.99 Å². The Bertz CT molecular complexity index is 449. The van der Waals surface area contributed by atoms with Crippen LogP contribution in [0.15, 0.2) is 35.3 Å². The van der Waals surface area contributed by atoms with E-state index in [9.17, 15) is 0 Å². The van der Waals surface area contributed by atoms with Crippen LogP contribution in [0.3, 0.4) is 0 Å². The molecule has 1 aromatic rings. The summed E-state index contributed by atoms with van der Waals surface area (Å²) in [5, 5.41) is 6.78. The average molecular weight is 302 g/mol. The smallest absolute Gasteiger partial charge is 0.191 e. The Morgan fingerprint density at radius 2 is 1.95 bits per heavy atom. The van der Waals surface area contributed by atoms with Crippen LogP contribution < -0.4 is 10.6 Å². The van der Waals surface area contributed by atoms with Crippen LogP contribution in [0.25, 0.3) is 0 Å². The SMILES string of the molecule is CCNC(=NCc1ccccc1)NCCN(C(C)C)C1CC1. The monoisotopic (exact) mass is 302 g/mol. The van der Waals surface area contributed by atoms with Crippen molar-refractivity contribution in [1.29, 1.82) is 0 Å². The summed E-state index contributed by atoms with van der Waals surface area (Å²) in [4.78, 5) is 7.25. The maximum Gasteiger partial charge on any atom is 0.191 e. The van der Waals surface area contributed by atoms with Gasteiger partial charge in [-0.2, -0.15) is 0 Å². The van der Waals surface area contributed by atoms with E-state index in [2.05, 4.69) is 65.6 Å². The van der Waals surface area contributed by atoms with Crippen LogP contribution in [-0.2, 0) is 6.54 Å². The Labute approximate surface area is 135 Å². The maximum atomic E-state index is 4.66. The molecule has 0 amide bonds. The predicted octanol–water partition coefficient (Wildman–Crippen LogP) is 2.61. The topological polar surface area (TPSA) is 39.7 Å². The Morgan fingerprint density at radius 1 is 1.23 bits per heavy atom. The van der Waals surface area contributed by atoms with Crippen LogP contribution in [0.2, 0.25) is 0 Å². The van der Waals surface area contributed by atoms with Gasteiger partial charge in [0, 0.05) is 31.7 Å². The largest absolute Gasteiger partial charge is 0.357 e. The van der Waals surface area contributed by atoms with Crippen molar-refractivity contribution in [3.8, 4) is 0 Å². The van der Waals surface area contributed by atoms with E-state index < -0.39 is 0 Å². The highest BCUT2D eigenvalue weighted by Crippen LogP contribution is 2.27. The number of hydrogen-bond donors (Lipinski definition) is 2. The van der Waals surface area contributed by atoms with Gasteiger partial charge in [-0.05, 0) is 39.2 Å². The lowest BCUT2D eigenvalue weighted by Crippen LogP contribution is -2.43. The van der Waals surface area contributed by atoms with Gasteiger partial charge in [0.2, 0.25) is 0 Å². The zero-order valence-corrected chi connectivity index (χ0v) is 14.2. The van der Waals surface area contributed by atoms with Crippen molar-refractivity contribution >= 4 is 5.96 Å². The van der Waals surface area contributed by atoms with Gasteiger partial charge in [-0.1, -0.05) is 30.3 Å². The molecule has 4 heteroatoms. The lowest BCUT2D eigenvalue weighted by atomic mass is 10.2. The van der Waals surface area contributed by atoms with Gasteiger partial charge in [0.1, 0.15) is 0 Å². The van der Waals surface area contributed by atoms with Gasteiger partial charge in [0.05, 0.1) is 6.54 Å². The third kappa shape index (κ3) is 5.68. The molecule has 0 atom stereocenters. The quantitative estimate of drug-likeness (QED) is 0.573. The van der Waals surface area contributed by atoms with E-state index in [1.54, 1.807) is 0 Å². The Kier molecular flexibility index (Phi) is 6.72. The van der Waals surface area contributed by atoms with E-state index in [4.69, 9.17) is 0 Å². The summed E-state index contributed by atoms with van der Waals surface area (Å²) in [5.74, 6) is 0.908. The van der Waals surface area contributed by atoms with E-state index in [1.807, 2.05) is 6.07 Å². The summed E-state index contributed by atoms with van der Waals surface area (Å²) in [6.07, 6.45) is 2.72. The summed E-state index contributed by atoms with van der Waals surface area (Å²) in [6.45, 7) is 10.3. The molecule has 1 fully saturated rings. The molecule has 0 aromatic heterocycles. The molecule has 0 saturated heterocycles. The molecule has 1 aliphatic carbocycles. The molecular weight excluding hydrogens is 272 g/mol. The van der Waals surface area contributed by atoms with Crippen molar-refractivity contribution in [2.24, 2.45) is 4.99 Å². The van der Waals surface area contributed by atoms with E-state index in [0.717, 1.165) is 31.6 Å². The van der Waals surface area contributed by atoms with Gasteiger partial charge in [0.25, 0.3) is 0 Å². The molecule has 1 saturated carbocycles. The van der Waals surface area contributed by atoms with Crippen LogP contribution in [0.5, 0.6) is 0 Å². The fraction of sp³-hybridized carbons (Fsp3) is 0.611. The first-order chi connectivity index (χ1) is 10.7. The summed E-state index contributed by atoms with van der Waals surface area (Å²) < 4.78 is 0. The number of benzene rings is 1. The minimum atomic E-state index is 0.623. The molecule has 1 aromatic carbocycles. The van der Waals surface area contributed by atoms with Crippen LogP contribution in [0, 0.1) is 0 Å². The minimum absolute atomic E-state index is 0.623. The van der Waals surface area contributed by atoms with Crippen LogP contribution in [-0.4, -0.2) is 42.6 Å².